The summed E-state index contributed by atoms with van der Waals surface area (Å²) >= 11 is 0. The Morgan fingerprint density at radius 1 is 1.03 bits per heavy atom. The van der Waals surface area contributed by atoms with Crippen molar-refractivity contribution < 1.29 is 4.79 Å². The molecule has 0 radical (unpaired) electrons. The van der Waals surface area contributed by atoms with Crippen molar-refractivity contribution in [2.45, 2.75) is 44.8 Å². The van der Waals surface area contributed by atoms with Crippen molar-refractivity contribution in [2.24, 2.45) is 11.5 Å². The van der Waals surface area contributed by atoms with Crippen molar-refractivity contribution in [3.05, 3.63) is 52.6 Å². The number of carbonyl (C=O) groups excluding carboxylic acids is 1. The molecule has 2 aliphatic heterocycles. The van der Waals surface area contributed by atoms with Crippen LogP contribution in [0.2, 0.25) is 0 Å². The summed E-state index contributed by atoms with van der Waals surface area (Å²) in [7, 11) is 0. The van der Waals surface area contributed by atoms with Crippen LogP contribution < -0.4 is 22.1 Å². The molecule has 0 bridgehead atoms. The second-order valence-electron chi connectivity index (χ2n) is 9.72. The molecule has 178 valence electrons. The Morgan fingerprint density at radius 2 is 1.67 bits per heavy atom. The fourth-order valence-corrected chi connectivity index (χ4v) is 4.44. The summed E-state index contributed by atoms with van der Waals surface area (Å²) in [5.41, 5.74) is 12.8. The largest absolute Gasteiger partial charge is 0.354 e. The fraction of sp³-hybridized carbons (Fsp3) is 0.542. The minimum absolute atomic E-state index is 0.0576. The van der Waals surface area contributed by atoms with E-state index in [1.54, 1.807) is 29.5 Å². The molecule has 33 heavy (non-hydrogen) atoms. The summed E-state index contributed by atoms with van der Waals surface area (Å²) in [6.45, 7) is 8.76. The van der Waals surface area contributed by atoms with Gasteiger partial charge in [0.25, 0.3) is 0 Å². The van der Waals surface area contributed by atoms with E-state index < -0.39 is 5.54 Å². The van der Waals surface area contributed by atoms with Gasteiger partial charge in [-0.2, -0.15) is 4.98 Å². The standard InChI is InChI=1S/C24H35N7O2/c1-24(2,26)22(32)30-15-13-29(14-16-30)21-9-12-31(23(33)27-21)20-5-3-18(4-6-20)17-28-10-7-19(25)8-11-28/h3-6,9,12,19H,7-8,10-11,13-17,25-26H2,1-2H3. The highest BCUT2D eigenvalue weighted by molar-refractivity contribution is 5.85. The van der Waals surface area contributed by atoms with E-state index >= 15 is 0 Å². The molecule has 0 spiro atoms. The SMILES string of the molecule is CC(C)(N)C(=O)N1CCN(c2ccn(-c3ccc(CN4CCC(N)CC4)cc3)c(=O)n2)CC1. The number of piperidine rings is 1. The molecule has 2 saturated heterocycles. The Bertz CT molecular complexity index is 1010. The number of carbonyl (C=O) groups is 1. The Kier molecular flexibility index (Phi) is 6.83. The lowest BCUT2D eigenvalue weighted by Crippen LogP contribution is -2.57. The van der Waals surface area contributed by atoms with Crippen LogP contribution >= 0.6 is 0 Å². The van der Waals surface area contributed by atoms with Crippen LogP contribution in [0, 0.1) is 0 Å². The van der Waals surface area contributed by atoms with Crippen molar-refractivity contribution in [1.82, 2.24) is 19.4 Å². The van der Waals surface area contributed by atoms with Gasteiger partial charge in [-0.1, -0.05) is 12.1 Å². The minimum atomic E-state index is -0.877. The van der Waals surface area contributed by atoms with Gasteiger partial charge in [-0.15, -0.1) is 0 Å². The van der Waals surface area contributed by atoms with E-state index in [1.165, 1.54) is 5.56 Å². The number of hydrogen-bond acceptors (Lipinski definition) is 7. The maximum atomic E-state index is 12.7. The molecule has 4 rings (SSSR count). The monoisotopic (exact) mass is 453 g/mol. The smallest absolute Gasteiger partial charge is 0.353 e. The molecule has 9 heteroatoms. The molecule has 2 aromatic rings. The van der Waals surface area contributed by atoms with Crippen molar-refractivity contribution in [3.63, 3.8) is 0 Å². The Labute approximate surface area is 195 Å². The summed E-state index contributed by atoms with van der Waals surface area (Å²) in [6.07, 6.45) is 3.86. The van der Waals surface area contributed by atoms with E-state index in [9.17, 15) is 9.59 Å². The Hall–Kier alpha value is -2.75. The highest BCUT2D eigenvalue weighted by Gasteiger charge is 2.30. The lowest BCUT2D eigenvalue weighted by molar-refractivity contribution is -0.136. The molecule has 0 aliphatic carbocycles. The first-order valence-corrected chi connectivity index (χ1v) is 11.7. The molecule has 0 unspecified atom stereocenters. The topological polar surface area (TPSA) is 114 Å². The van der Waals surface area contributed by atoms with Gasteiger partial charge in [0.05, 0.1) is 11.2 Å². The van der Waals surface area contributed by atoms with Crippen LogP contribution in [-0.4, -0.2) is 76.1 Å². The average molecular weight is 454 g/mol. The predicted octanol–water partition coefficient (Wildman–Crippen LogP) is 0.542. The van der Waals surface area contributed by atoms with Crippen LogP contribution in [0.5, 0.6) is 0 Å². The highest BCUT2D eigenvalue weighted by Crippen LogP contribution is 2.17. The fourth-order valence-electron chi connectivity index (χ4n) is 4.44. The van der Waals surface area contributed by atoms with Gasteiger partial charge in [0.2, 0.25) is 5.91 Å². The van der Waals surface area contributed by atoms with Crippen molar-refractivity contribution in [1.29, 1.82) is 0 Å². The van der Waals surface area contributed by atoms with E-state index in [0.717, 1.165) is 38.2 Å². The van der Waals surface area contributed by atoms with Crippen molar-refractivity contribution in [2.75, 3.05) is 44.2 Å². The van der Waals surface area contributed by atoms with Gasteiger partial charge >= 0.3 is 5.69 Å². The molecule has 3 heterocycles. The van der Waals surface area contributed by atoms with E-state index in [2.05, 4.69) is 22.0 Å². The van der Waals surface area contributed by atoms with Crippen molar-refractivity contribution in [3.8, 4) is 5.69 Å². The van der Waals surface area contributed by atoms with Gasteiger partial charge in [-0.05, 0) is 63.5 Å². The van der Waals surface area contributed by atoms with Gasteiger partial charge in [0.1, 0.15) is 5.82 Å². The molecule has 9 nitrogen and oxygen atoms in total. The van der Waals surface area contributed by atoms with Crippen LogP contribution in [0.3, 0.4) is 0 Å². The molecule has 2 fully saturated rings. The minimum Gasteiger partial charge on any atom is -0.353 e. The first-order chi connectivity index (χ1) is 15.7. The highest BCUT2D eigenvalue weighted by atomic mass is 16.2. The molecule has 1 aromatic carbocycles. The molecule has 1 amide bonds. The van der Waals surface area contributed by atoms with Crippen LogP contribution in [0.4, 0.5) is 5.82 Å². The number of amides is 1. The quantitative estimate of drug-likeness (QED) is 0.679. The number of rotatable bonds is 5. The first kappa shape index (κ1) is 23.4. The van der Waals surface area contributed by atoms with Crippen LogP contribution in [0.25, 0.3) is 5.69 Å². The number of hydrogen-bond donors (Lipinski definition) is 2. The molecule has 0 atom stereocenters. The molecule has 4 N–H and O–H groups in total. The normalized spacial score (nSPS) is 18.5. The van der Waals surface area contributed by atoms with Gasteiger partial charge < -0.3 is 21.3 Å². The van der Waals surface area contributed by atoms with Gasteiger partial charge in [-0.25, -0.2) is 4.79 Å². The zero-order chi connectivity index (χ0) is 23.6. The molecule has 2 aliphatic rings. The lowest BCUT2D eigenvalue weighted by Gasteiger charge is -2.37. The average Bonchev–Trinajstić information content (AvgIpc) is 2.80. The summed E-state index contributed by atoms with van der Waals surface area (Å²) in [5.74, 6) is 0.577. The number of likely N-dealkylation sites (tertiary alicyclic amines) is 1. The first-order valence-electron chi connectivity index (χ1n) is 11.7. The van der Waals surface area contributed by atoms with Gasteiger partial charge in [-0.3, -0.25) is 14.3 Å². The second kappa shape index (κ2) is 9.62. The lowest BCUT2D eigenvalue weighted by atomic mass is 10.0. The van der Waals surface area contributed by atoms with E-state index in [0.29, 0.717) is 38.0 Å². The third-order valence-corrected chi connectivity index (χ3v) is 6.48. The zero-order valence-corrected chi connectivity index (χ0v) is 19.6. The summed E-state index contributed by atoms with van der Waals surface area (Å²) in [5, 5.41) is 0. The second-order valence-corrected chi connectivity index (χ2v) is 9.72. The third-order valence-electron chi connectivity index (χ3n) is 6.48. The summed E-state index contributed by atoms with van der Waals surface area (Å²) < 4.78 is 1.56. The summed E-state index contributed by atoms with van der Waals surface area (Å²) in [4.78, 5) is 35.6. The number of piperazine rings is 1. The third kappa shape index (κ3) is 5.61. The zero-order valence-electron chi connectivity index (χ0n) is 19.6. The molecule has 0 saturated carbocycles. The Balaban J connectivity index is 1.38. The van der Waals surface area contributed by atoms with E-state index in [-0.39, 0.29) is 11.6 Å². The molecular formula is C24H35N7O2. The summed E-state index contributed by atoms with van der Waals surface area (Å²) in [6, 6.07) is 10.3. The number of nitrogens with two attached hydrogens (primary N) is 2. The number of aromatic nitrogens is 2. The maximum Gasteiger partial charge on any atom is 0.354 e. The molecular weight excluding hydrogens is 418 g/mol. The van der Waals surface area contributed by atoms with E-state index in [4.69, 9.17) is 11.5 Å². The van der Waals surface area contributed by atoms with Crippen LogP contribution in [0.1, 0.15) is 32.3 Å². The number of nitrogens with zero attached hydrogens (tertiary/aromatic N) is 5. The maximum absolute atomic E-state index is 12.7. The van der Waals surface area contributed by atoms with Crippen LogP contribution in [0.15, 0.2) is 41.3 Å². The van der Waals surface area contributed by atoms with Crippen molar-refractivity contribution >= 4 is 11.7 Å². The van der Waals surface area contributed by atoms with Gasteiger partial charge in [0, 0.05) is 45.0 Å². The Morgan fingerprint density at radius 3 is 2.24 bits per heavy atom. The van der Waals surface area contributed by atoms with Crippen LogP contribution in [-0.2, 0) is 11.3 Å². The predicted molar refractivity (Wildman–Crippen MR) is 129 cm³/mol. The number of anilines is 1. The molecule has 1 aromatic heterocycles. The van der Waals surface area contributed by atoms with Gasteiger partial charge in [0.15, 0.2) is 0 Å². The van der Waals surface area contributed by atoms with E-state index in [1.807, 2.05) is 23.1 Å². The number of benzene rings is 1.